The third-order valence-corrected chi connectivity index (χ3v) is 6.08. The van der Waals surface area contributed by atoms with E-state index >= 15 is 0 Å². The van der Waals surface area contributed by atoms with E-state index in [1.54, 1.807) is 0 Å². The fraction of sp³-hybridized carbons (Fsp3) is 0.300. The van der Waals surface area contributed by atoms with E-state index in [9.17, 15) is 4.79 Å². The zero-order valence-electron chi connectivity index (χ0n) is 20.3. The van der Waals surface area contributed by atoms with E-state index in [2.05, 4.69) is 90.6 Å². The summed E-state index contributed by atoms with van der Waals surface area (Å²) in [6, 6.07) is 27.2. The fourth-order valence-corrected chi connectivity index (χ4v) is 4.41. The van der Waals surface area contributed by atoms with Crippen molar-refractivity contribution in [1.82, 2.24) is 9.88 Å². The number of ether oxygens (including phenoxy) is 1. The molecule has 3 aromatic carbocycles. The number of nitrogens with one attached hydrogen (secondary N) is 1. The number of benzene rings is 3. The minimum atomic E-state index is -0.0511. The van der Waals surface area contributed by atoms with E-state index in [1.165, 1.54) is 22.0 Å². The average Bonchev–Trinajstić information content (AvgIpc) is 3.21. The zero-order chi connectivity index (χ0) is 23.9. The molecule has 1 unspecified atom stereocenters. The maximum absolute atomic E-state index is 13.0. The number of carbonyl (C=O) groups is 1. The summed E-state index contributed by atoms with van der Waals surface area (Å²) in [6.45, 7) is 8.31. The Balaban J connectivity index is 1.74. The molecule has 0 saturated carbocycles. The molecule has 4 heteroatoms. The van der Waals surface area contributed by atoms with Gasteiger partial charge in [-0.1, -0.05) is 74.5 Å². The third kappa shape index (κ3) is 5.69. The predicted molar refractivity (Wildman–Crippen MR) is 139 cm³/mol. The van der Waals surface area contributed by atoms with Crippen LogP contribution in [0.25, 0.3) is 10.9 Å². The van der Waals surface area contributed by atoms with Crippen LogP contribution in [0.2, 0.25) is 0 Å². The zero-order valence-corrected chi connectivity index (χ0v) is 20.3. The first-order valence-electron chi connectivity index (χ1n) is 12.2. The smallest absolute Gasteiger partial charge is 0.220 e. The fourth-order valence-electron chi connectivity index (χ4n) is 4.41. The van der Waals surface area contributed by atoms with E-state index < -0.39 is 0 Å². The van der Waals surface area contributed by atoms with Gasteiger partial charge in [-0.15, -0.1) is 0 Å². The quantitative estimate of drug-likeness (QED) is 0.302. The van der Waals surface area contributed by atoms with Gasteiger partial charge in [0.1, 0.15) is 5.75 Å². The molecule has 34 heavy (non-hydrogen) atoms. The summed E-state index contributed by atoms with van der Waals surface area (Å²) in [5.41, 5.74) is 4.73. The molecule has 0 bridgehead atoms. The van der Waals surface area contributed by atoms with Crippen molar-refractivity contribution < 1.29 is 9.53 Å². The van der Waals surface area contributed by atoms with E-state index in [0.717, 1.165) is 17.9 Å². The average molecular weight is 455 g/mol. The SMILES string of the molecule is CCOc1ccc(C(CC(=O)NCC(C)C)c2cn(Cc3ccccc3)c3ccccc23)cc1. The lowest BCUT2D eigenvalue weighted by Gasteiger charge is -2.18. The van der Waals surface area contributed by atoms with Crippen molar-refractivity contribution in [2.75, 3.05) is 13.2 Å². The largest absolute Gasteiger partial charge is 0.494 e. The number of para-hydroxylation sites is 1. The Labute approximate surface area is 202 Å². The van der Waals surface area contributed by atoms with Crippen LogP contribution in [0.4, 0.5) is 0 Å². The number of amides is 1. The molecule has 1 heterocycles. The Morgan fingerprint density at radius 3 is 2.35 bits per heavy atom. The molecule has 4 aromatic rings. The first-order valence-corrected chi connectivity index (χ1v) is 12.2. The van der Waals surface area contributed by atoms with Crippen LogP contribution < -0.4 is 10.1 Å². The summed E-state index contributed by atoms with van der Waals surface area (Å²) in [4.78, 5) is 13.0. The number of rotatable bonds is 10. The van der Waals surface area contributed by atoms with Crippen LogP contribution >= 0.6 is 0 Å². The van der Waals surface area contributed by atoms with Gasteiger partial charge >= 0.3 is 0 Å². The molecule has 0 aliphatic heterocycles. The second-order valence-electron chi connectivity index (χ2n) is 9.17. The van der Waals surface area contributed by atoms with Gasteiger partial charge in [-0.25, -0.2) is 0 Å². The van der Waals surface area contributed by atoms with Crippen LogP contribution in [0.5, 0.6) is 5.75 Å². The molecule has 0 aliphatic carbocycles. The molecule has 1 N–H and O–H groups in total. The van der Waals surface area contributed by atoms with Gasteiger partial charge in [0.05, 0.1) is 6.61 Å². The van der Waals surface area contributed by atoms with Crippen LogP contribution in [0.1, 0.15) is 49.8 Å². The molecule has 0 saturated heterocycles. The second kappa shape index (κ2) is 11.1. The molecule has 0 fully saturated rings. The van der Waals surface area contributed by atoms with Crippen molar-refractivity contribution in [3.8, 4) is 5.75 Å². The number of aromatic nitrogens is 1. The van der Waals surface area contributed by atoms with E-state index in [4.69, 9.17) is 4.74 Å². The lowest BCUT2D eigenvalue weighted by atomic mass is 9.88. The van der Waals surface area contributed by atoms with Gasteiger partial charge in [0.2, 0.25) is 5.91 Å². The Morgan fingerprint density at radius 2 is 1.65 bits per heavy atom. The Kier molecular flexibility index (Phi) is 7.69. The van der Waals surface area contributed by atoms with Crippen LogP contribution in [0.3, 0.4) is 0 Å². The summed E-state index contributed by atoms with van der Waals surface area (Å²) in [5.74, 6) is 1.29. The van der Waals surface area contributed by atoms with Gasteiger partial charge < -0.3 is 14.6 Å². The molecule has 1 amide bonds. The first-order chi connectivity index (χ1) is 16.5. The number of fused-ring (bicyclic) bond motifs is 1. The monoisotopic (exact) mass is 454 g/mol. The van der Waals surface area contributed by atoms with Crippen molar-refractivity contribution >= 4 is 16.8 Å². The summed E-state index contributed by atoms with van der Waals surface area (Å²) in [5, 5.41) is 4.30. The van der Waals surface area contributed by atoms with E-state index in [1.807, 2.05) is 25.1 Å². The molecule has 4 nitrogen and oxygen atoms in total. The van der Waals surface area contributed by atoms with E-state index in [0.29, 0.717) is 25.5 Å². The Hall–Kier alpha value is -3.53. The van der Waals surface area contributed by atoms with Crippen molar-refractivity contribution in [3.05, 3.63) is 102 Å². The van der Waals surface area contributed by atoms with Gasteiger partial charge in [0.25, 0.3) is 0 Å². The molecular formula is C30H34N2O2. The molecule has 1 aromatic heterocycles. The molecule has 0 radical (unpaired) electrons. The highest BCUT2D eigenvalue weighted by Gasteiger charge is 2.23. The number of nitrogens with zero attached hydrogens (tertiary/aromatic N) is 1. The lowest BCUT2D eigenvalue weighted by Crippen LogP contribution is -2.28. The normalized spacial score (nSPS) is 12.1. The van der Waals surface area contributed by atoms with Crippen molar-refractivity contribution in [2.45, 2.75) is 39.7 Å². The van der Waals surface area contributed by atoms with Gasteiger partial charge in [-0.05, 0) is 47.7 Å². The standard InChI is InChI=1S/C30H34N2O2/c1-4-34-25-16-14-24(15-17-25)27(18-30(33)31-19-22(2)3)28-21-32(20-23-10-6-5-7-11-23)29-13-9-8-12-26(28)29/h5-17,21-22,27H,4,18-20H2,1-3H3,(H,31,33). The van der Waals surface area contributed by atoms with Gasteiger partial charge in [0.15, 0.2) is 0 Å². The van der Waals surface area contributed by atoms with Gasteiger partial charge in [-0.3, -0.25) is 4.79 Å². The summed E-state index contributed by atoms with van der Waals surface area (Å²) >= 11 is 0. The van der Waals surface area contributed by atoms with Crippen LogP contribution in [0, 0.1) is 5.92 Å². The summed E-state index contributed by atoms with van der Waals surface area (Å²) in [7, 11) is 0. The Morgan fingerprint density at radius 1 is 0.941 bits per heavy atom. The summed E-state index contributed by atoms with van der Waals surface area (Å²) in [6.07, 6.45) is 2.63. The maximum Gasteiger partial charge on any atom is 0.220 e. The van der Waals surface area contributed by atoms with Crippen molar-refractivity contribution in [3.63, 3.8) is 0 Å². The van der Waals surface area contributed by atoms with Crippen LogP contribution in [-0.2, 0) is 11.3 Å². The number of hydrogen-bond donors (Lipinski definition) is 1. The maximum atomic E-state index is 13.0. The molecular weight excluding hydrogens is 420 g/mol. The molecule has 4 rings (SSSR count). The predicted octanol–water partition coefficient (Wildman–Crippen LogP) is 6.38. The topological polar surface area (TPSA) is 43.3 Å². The first kappa shape index (κ1) is 23.6. The van der Waals surface area contributed by atoms with E-state index in [-0.39, 0.29) is 11.8 Å². The van der Waals surface area contributed by atoms with Crippen LogP contribution in [-0.4, -0.2) is 23.6 Å². The van der Waals surface area contributed by atoms with Gasteiger partial charge in [-0.2, -0.15) is 0 Å². The van der Waals surface area contributed by atoms with Gasteiger partial charge in [0, 0.05) is 42.5 Å². The van der Waals surface area contributed by atoms with Crippen LogP contribution in [0.15, 0.2) is 85.1 Å². The Bertz CT molecular complexity index is 1210. The van der Waals surface area contributed by atoms with Crippen molar-refractivity contribution in [2.24, 2.45) is 5.92 Å². The second-order valence-corrected chi connectivity index (χ2v) is 9.17. The minimum absolute atomic E-state index is 0.0511. The lowest BCUT2D eigenvalue weighted by molar-refractivity contribution is -0.121. The third-order valence-electron chi connectivity index (χ3n) is 6.08. The summed E-state index contributed by atoms with van der Waals surface area (Å²) < 4.78 is 7.95. The number of carbonyl (C=O) groups excluding carboxylic acids is 1. The highest BCUT2D eigenvalue weighted by Crippen LogP contribution is 2.35. The highest BCUT2D eigenvalue weighted by molar-refractivity contribution is 5.86. The molecule has 0 aliphatic rings. The number of hydrogen-bond acceptors (Lipinski definition) is 2. The molecule has 1 atom stereocenters. The highest BCUT2D eigenvalue weighted by atomic mass is 16.5. The molecule has 176 valence electrons. The minimum Gasteiger partial charge on any atom is -0.494 e. The van der Waals surface area contributed by atoms with Crippen molar-refractivity contribution in [1.29, 1.82) is 0 Å². The molecule has 0 spiro atoms.